The van der Waals surface area contributed by atoms with Gasteiger partial charge >= 0.3 is 6.09 Å². The van der Waals surface area contributed by atoms with Gasteiger partial charge in [-0.25, -0.2) is 4.79 Å². The average molecular weight is 296 g/mol. The van der Waals surface area contributed by atoms with E-state index in [1.165, 1.54) is 11.3 Å². The van der Waals surface area contributed by atoms with Crippen molar-refractivity contribution in [2.24, 2.45) is 5.16 Å². The number of carbonyl (C=O) groups excluding carboxylic acids is 1. The first-order valence-electron chi connectivity index (χ1n) is 6.03. The molecule has 20 heavy (non-hydrogen) atoms. The molecule has 7 heteroatoms. The van der Waals surface area contributed by atoms with Gasteiger partial charge in [-0.05, 0) is 30.2 Å². The number of benzene rings is 1. The number of nitrogens with zero attached hydrogens (tertiary/aromatic N) is 2. The zero-order chi connectivity index (χ0) is 14.4. The molecule has 1 aliphatic rings. The third-order valence-corrected chi connectivity index (χ3v) is 2.89. The second kappa shape index (κ2) is 6.93. The molecule has 2 N–H and O–H groups in total. The first-order chi connectivity index (χ1) is 9.67. The van der Waals surface area contributed by atoms with E-state index in [-0.39, 0.29) is 0 Å². The molecule has 2 rings (SSSR count). The number of hydroxylamine groups is 2. The summed E-state index contributed by atoms with van der Waals surface area (Å²) in [5.41, 5.74) is 1.35. The van der Waals surface area contributed by atoms with Gasteiger partial charge in [0, 0.05) is 17.3 Å². The fourth-order valence-electron chi connectivity index (χ4n) is 1.81. The molecule has 0 unspecified atom stereocenters. The van der Waals surface area contributed by atoms with Crippen LogP contribution in [-0.2, 0) is 4.84 Å². The van der Waals surface area contributed by atoms with E-state index in [0.717, 1.165) is 5.57 Å². The van der Waals surface area contributed by atoms with Crippen LogP contribution in [0.5, 0.6) is 0 Å². The number of rotatable bonds is 3. The summed E-state index contributed by atoms with van der Waals surface area (Å²) in [7, 11) is 0. The Morgan fingerprint density at radius 1 is 1.55 bits per heavy atom. The van der Waals surface area contributed by atoms with Crippen LogP contribution in [0.4, 0.5) is 10.5 Å². The molecule has 106 valence electrons. The Kier molecular flexibility index (Phi) is 4.97. The maximum absolute atomic E-state index is 11.7. The van der Waals surface area contributed by atoms with Crippen LogP contribution in [-0.4, -0.2) is 35.7 Å². The summed E-state index contributed by atoms with van der Waals surface area (Å²) in [6.45, 7) is 0.971. The van der Waals surface area contributed by atoms with Gasteiger partial charge < -0.3 is 10.0 Å². The van der Waals surface area contributed by atoms with Gasteiger partial charge in [0.05, 0.1) is 12.8 Å². The van der Waals surface area contributed by atoms with Crippen LogP contribution in [0.1, 0.15) is 6.42 Å². The average Bonchev–Trinajstić information content (AvgIpc) is 2.39. The van der Waals surface area contributed by atoms with Gasteiger partial charge in [-0.3, -0.25) is 5.32 Å². The smallest absolute Gasteiger partial charge is 0.411 e. The van der Waals surface area contributed by atoms with E-state index in [4.69, 9.17) is 21.6 Å². The zero-order valence-corrected chi connectivity index (χ0v) is 11.4. The maximum Gasteiger partial charge on any atom is 0.430 e. The Balaban J connectivity index is 1.87. The minimum Gasteiger partial charge on any atom is -0.411 e. The Morgan fingerprint density at radius 3 is 3.15 bits per heavy atom. The molecule has 6 nitrogen and oxygen atoms in total. The molecular formula is C13H14ClN3O3. The Morgan fingerprint density at radius 2 is 2.40 bits per heavy atom. The van der Waals surface area contributed by atoms with Gasteiger partial charge in [-0.15, -0.1) is 5.06 Å². The maximum atomic E-state index is 11.7. The Labute approximate surface area is 121 Å². The van der Waals surface area contributed by atoms with Crippen molar-refractivity contribution < 1.29 is 14.8 Å². The predicted octanol–water partition coefficient (Wildman–Crippen LogP) is 2.90. The van der Waals surface area contributed by atoms with E-state index in [1.807, 2.05) is 6.08 Å². The SMILES string of the molecule is O=C(Nc1cccc(Cl)c1)ON1CCC=C(C=NO)C1. The van der Waals surface area contributed by atoms with Crippen molar-refractivity contribution in [2.75, 3.05) is 18.4 Å². The minimum absolute atomic E-state index is 0.382. The highest BCUT2D eigenvalue weighted by atomic mass is 35.5. The first kappa shape index (κ1) is 14.4. The van der Waals surface area contributed by atoms with Crippen molar-refractivity contribution in [3.63, 3.8) is 0 Å². The summed E-state index contributed by atoms with van der Waals surface area (Å²) in [5, 5.41) is 16.1. The molecule has 0 aliphatic carbocycles. The second-order valence-corrected chi connectivity index (χ2v) is 4.63. The number of nitrogens with one attached hydrogen (secondary N) is 1. The molecule has 1 aromatic rings. The lowest BCUT2D eigenvalue weighted by Gasteiger charge is -2.24. The topological polar surface area (TPSA) is 74.2 Å². The van der Waals surface area contributed by atoms with Crippen molar-refractivity contribution in [1.82, 2.24) is 5.06 Å². The molecule has 1 heterocycles. The van der Waals surface area contributed by atoms with E-state index in [9.17, 15) is 4.79 Å². The van der Waals surface area contributed by atoms with E-state index in [1.54, 1.807) is 24.3 Å². The van der Waals surface area contributed by atoms with Crippen LogP contribution in [0, 0.1) is 0 Å². The van der Waals surface area contributed by atoms with Crippen molar-refractivity contribution in [3.8, 4) is 0 Å². The molecule has 1 aliphatic heterocycles. The van der Waals surface area contributed by atoms with Gasteiger partial charge in [0.1, 0.15) is 0 Å². The highest BCUT2D eigenvalue weighted by Gasteiger charge is 2.16. The molecule has 0 aromatic heterocycles. The standard InChI is InChI=1S/C13H14ClN3O3/c14-11-4-1-5-12(7-11)16-13(18)20-17-6-2-3-10(9-17)8-15-19/h1,3-5,7-8,19H,2,6,9H2,(H,16,18). The number of carbonyl (C=O) groups is 1. The lowest BCUT2D eigenvalue weighted by molar-refractivity contribution is -0.0872. The zero-order valence-electron chi connectivity index (χ0n) is 10.6. The molecule has 0 saturated carbocycles. The largest absolute Gasteiger partial charge is 0.430 e. The normalized spacial score (nSPS) is 15.9. The molecule has 0 saturated heterocycles. The number of halogens is 1. The summed E-state index contributed by atoms with van der Waals surface area (Å²) in [6, 6.07) is 6.79. The lowest BCUT2D eigenvalue weighted by atomic mass is 10.2. The van der Waals surface area contributed by atoms with E-state index in [0.29, 0.717) is 30.2 Å². The Hall–Kier alpha value is -2.05. The van der Waals surface area contributed by atoms with Crippen LogP contribution in [0.2, 0.25) is 5.02 Å². The van der Waals surface area contributed by atoms with Crippen LogP contribution in [0.15, 0.2) is 41.1 Å². The number of hydrogen-bond acceptors (Lipinski definition) is 5. The van der Waals surface area contributed by atoms with Gasteiger partial charge in [0.2, 0.25) is 0 Å². The fraction of sp³-hybridized carbons (Fsp3) is 0.231. The molecule has 0 radical (unpaired) electrons. The van der Waals surface area contributed by atoms with Crippen LogP contribution >= 0.6 is 11.6 Å². The van der Waals surface area contributed by atoms with Crippen molar-refractivity contribution in [2.45, 2.75) is 6.42 Å². The first-order valence-corrected chi connectivity index (χ1v) is 6.41. The van der Waals surface area contributed by atoms with E-state index >= 15 is 0 Å². The van der Waals surface area contributed by atoms with Crippen molar-refractivity contribution in [3.05, 3.63) is 40.9 Å². The summed E-state index contributed by atoms with van der Waals surface area (Å²) in [4.78, 5) is 16.9. The van der Waals surface area contributed by atoms with E-state index < -0.39 is 6.09 Å². The number of oxime groups is 1. The lowest BCUT2D eigenvalue weighted by Crippen LogP contribution is -2.34. The van der Waals surface area contributed by atoms with Crippen molar-refractivity contribution in [1.29, 1.82) is 0 Å². The highest BCUT2D eigenvalue weighted by molar-refractivity contribution is 6.30. The van der Waals surface area contributed by atoms with Gasteiger partial charge in [-0.1, -0.05) is 28.9 Å². The van der Waals surface area contributed by atoms with Gasteiger partial charge in [-0.2, -0.15) is 0 Å². The molecule has 1 amide bonds. The number of hydrogen-bond donors (Lipinski definition) is 2. The third-order valence-electron chi connectivity index (χ3n) is 2.65. The fourth-order valence-corrected chi connectivity index (χ4v) is 2.00. The number of anilines is 1. The van der Waals surface area contributed by atoms with Gasteiger partial charge in [0.15, 0.2) is 0 Å². The second-order valence-electron chi connectivity index (χ2n) is 4.19. The highest BCUT2D eigenvalue weighted by Crippen LogP contribution is 2.15. The van der Waals surface area contributed by atoms with Crippen LogP contribution in [0.3, 0.4) is 0 Å². The quantitative estimate of drug-likeness (QED) is 0.511. The summed E-state index contributed by atoms with van der Waals surface area (Å²) < 4.78 is 0. The number of amides is 1. The summed E-state index contributed by atoms with van der Waals surface area (Å²) in [5.74, 6) is 0. The molecule has 0 spiro atoms. The molecule has 0 bridgehead atoms. The minimum atomic E-state index is -0.588. The van der Waals surface area contributed by atoms with E-state index in [2.05, 4.69) is 10.5 Å². The van der Waals surface area contributed by atoms with Gasteiger partial charge in [0.25, 0.3) is 0 Å². The molecular weight excluding hydrogens is 282 g/mol. The Bertz CT molecular complexity index is 545. The van der Waals surface area contributed by atoms with Crippen LogP contribution < -0.4 is 5.32 Å². The van der Waals surface area contributed by atoms with Crippen molar-refractivity contribution >= 4 is 29.6 Å². The molecule has 0 fully saturated rings. The third kappa shape index (κ3) is 4.25. The predicted molar refractivity (Wildman–Crippen MR) is 76.1 cm³/mol. The monoisotopic (exact) mass is 295 g/mol. The molecule has 1 aromatic carbocycles. The summed E-state index contributed by atoms with van der Waals surface area (Å²) in [6.07, 6.45) is 3.37. The summed E-state index contributed by atoms with van der Waals surface area (Å²) >= 11 is 5.83. The molecule has 0 atom stereocenters. The van der Waals surface area contributed by atoms with Crippen LogP contribution in [0.25, 0.3) is 0 Å².